The molecule has 4 aromatic rings. The molecule has 0 atom stereocenters. The van der Waals surface area contributed by atoms with Crippen LogP contribution in [-0.2, 0) is 6.54 Å². The van der Waals surface area contributed by atoms with Crippen LogP contribution in [0.4, 0.5) is 0 Å². The molecule has 1 aliphatic heterocycles. The van der Waals surface area contributed by atoms with Gasteiger partial charge in [0.05, 0.1) is 34.1 Å². The number of benzene rings is 2. The van der Waals surface area contributed by atoms with Crippen LogP contribution in [0.15, 0.2) is 53.0 Å². The number of halogens is 1. The van der Waals surface area contributed by atoms with Crippen LogP contribution in [-0.4, -0.2) is 24.6 Å². The third-order valence-electron chi connectivity index (χ3n) is 4.39. The summed E-state index contributed by atoms with van der Waals surface area (Å²) in [6, 6.07) is 12.7. The summed E-state index contributed by atoms with van der Waals surface area (Å²) in [5, 5.41) is 11.4. The third kappa shape index (κ3) is 2.01. The molecule has 0 bridgehead atoms. The number of rotatable bonds is 1. The predicted octanol–water partition coefficient (Wildman–Crippen LogP) is 3.26. The van der Waals surface area contributed by atoms with Gasteiger partial charge in [-0.05, 0) is 30.3 Å². The van der Waals surface area contributed by atoms with E-state index in [-0.39, 0.29) is 17.9 Å². The van der Waals surface area contributed by atoms with Crippen LogP contribution in [0.1, 0.15) is 11.6 Å². The molecule has 1 aliphatic rings. The topological polar surface area (TPSA) is 83.8 Å². The van der Waals surface area contributed by atoms with Crippen molar-refractivity contribution in [2.24, 2.45) is 0 Å². The number of nitrogens with one attached hydrogen (secondary N) is 1. The molecule has 6 nitrogen and oxygen atoms in total. The zero-order chi connectivity index (χ0) is 17.1. The standard InChI is InChI=1S/C18H11ClN4O2/c19-9-5-6-13-10(7-9)18(25)22-17-15(14(24)8-23(13)17)16-20-11-3-1-2-4-12(11)21-16/h1-7,24H,8H2,(H,20,21). The van der Waals surface area contributed by atoms with Gasteiger partial charge in [-0.1, -0.05) is 23.7 Å². The summed E-state index contributed by atoms with van der Waals surface area (Å²) in [7, 11) is 0. The number of aliphatic hydroxyl groups excluding tert-OH is 1. The molecule has 0 amide bonds. The number of hydrogen-bond acceptors (Lipinski definition) is 4. The van der Waals surface area contributed by atoms with E-state index >= 15 is 0 Å². The van der Waals surface area contributed by atoms with Crippen LogP contribution in [0.25, 0.3) is 27.5 Å². The molecule has 2 aromatic carbocycles. The summed E-state index contributed by atoms with van der Waals surface area (Å²) in [4.78, 5) is 24.3. The summed E-state index contributed by atoms with van der Waals surface area (Å²) in [6.45, 7) is 0.229. The van der Waals surface area contributed by atoms with Gasteiger partial charge in [-0.2, -0.15) is 4.98 Å². The van der Waals surface area contributed by atoms with Gasteiger partial charge in [-0.15, -0.1) is 0 Å². The number of aromatic nitrogens is 4. The van der Waals surface area contributed by atoms with Crippen LogP contribution in [0.3, 0.4) is 0 Å². The number of nitrogens with zero attached hydrogens (tertiary/aromatic N) is 3. The van der Waals surface area contributed by atoms with Crippen molar-refractivity contribution in [2.45, 2.75) is 6.54 Å². The highest BCUT2D eigenvalue weighted by Gasteiger charge is 2.28. The van der Waals surface area contributed by atoms with Crippen LogP contribution >= 0.6 is 11.6 Å². The Balaban J connectivity index is 1.79. The minimum absolute atomic E-state index is 0.119. The smallest absolute Gasteiger partial charge is 0.281 e. The number of para-hydroxylation sites is 2. The average molecular weight is 351 g/mol. The lowest BCUT2D eigenvalue weighted by molar-refractivity contribution is 0.389. The van der Waals surface area contributed by atoms with E-state index < -0.39 is 0 Å². The van der Waals surface area contributed by atoms with E-state index in [1.54, 1.807) is 22.8 Å². The Hall–Kier alpha value is -3.12. The SMILES string of the molecule is O=c1nc2n(c3ccc(Cl)cc13)CC(O)=C2c1nc2ccccc2[nH]1. The molecule has 2 aromatic heterocycles. The molecule has 5 rings (SSSR count). The number of allylic oxidation sites excluding steroid dienone is 1. The number of aliphatic hydroxyl groups is 1. The van der Waals surface area contributed by atoms with Crippen molar-refractivity contribution in [3.63, 3.8) is 0 Å². The highest BCUT2D eigenvalue weighted by atomic mass is 35.5. The number of fused-ring (bicyclic) bond motifs is 4. The van der Waals surface area contributed by atoms with Crippen molar-refractivity contribution in [1.82, 2.24) is 19.5 Å². The third-order valence-corrected chi connectivity index (χ3v) is 4.62. The van der Waals surface area contributed by atoms with E-state index in [1.807, 2.05) is 24.3 Å². The van der Waals surface area contributed by atoms with Crippen molar-refractivity contribution in [2.75, 3.05) is 0 Å². The van der Waals surface area contributed by atoms with Gasteiger partial charge >= 0.3 is 0 Å². The first-order valence-electron chi connectivity index (χ1n) is 7.69. The van der Waals surface area contributed by atoms with E-state index in [1.165, 1.54) is 0 Å². The fraction of sp³-hybridized carbons (Fsp3) is 0.0556. The van der Waals surface area contributed by atoms with E-state index in [4.69, 9.17) is 11.6 Å². The number of hydrogen-bond donors (Lipinski definition) is 2. The highest BCUT2D eigenvalue weighted by molar-refractivity contribution is 6.31. The lowest BCUT2D eigenvalue weighted by atomic mass is 10.2. The average Bonchev–Trinajstić information content (AvgIpc) is 3.15. The second kappa shape index (κ2) is 4.94. The second-order valence-corrected chi connectivity index (χ2v) is 6.35. The zero-order valence-electron chi connectivity index (χ0n) is 12.8. The number of H-pyrrole nitrogens is 1. The molecule has 3 heterocycles. The zero-order valence-corrected chi connectivity index (χ0v) is 13.6. The maximum atomic E-state index is 12.4. The minimum Gasteiger partial charge on any atom is -0.509 e. The molecule has 7 heteroatoms. The Morgan fingerprint density at radius 1 is 1.16 bits per heavy atom. The van der Waals surface area contributed by atoms with E-state index in [0.29, 0.717) is 33.1 Å². The minimum atomic E-state index is -0.382. The number of imidazole rings is 1. The van der Waals surface area contributed by atoms with Gasteiger partial charge in [0.1, 0.15) is 11.6 Å². The van der Waals surface area contributed by atoms with Crippen LogP contribution < -0.4 is 5.56 Å². The lowest BCUT2D eigenvalue weighted by Gasteiger charge is -2.08. The molecule has 0 unspecified atom stereocenters. The molecule has 0 spiro atoms. The molecule has 0 radical (unpaired) electrons. The van der Waals surface area contributed by atoms with Crippen molar-refractivity contribution in [3.05, 3.63) is 75.2 Å². The number of aromatic amines is 1. The normalized spacial score (nSPS) is 13.8. The van der Waals surface area contributed by atoms with Crippen molar-refractivity contribution >= 4 is 39.1 Å². The molecule has 0 saturated carbocycles. The summed E-state index contributed by atoms with van der Waals surface area (Å²) >= 11 is 5.99. The van der Waals surface area contributed by atoms with Gasteiger partial charge in [0.25, 0.3) is 5.56 Å². The maximum Gasteiger partial charge on any atom is 0.281 e. The first-order valence-corrected chi connectivity index (χ1v) is 8.07. The van der Waals surface area contributed by atoms with Gasteiger partial charge < -0.3 is 14.7 Å². The largest absolute Gasteiger partial charge is 0.509 e. The molecule has 122 valence electrons. The fourth-order valence-corrected chi connectivity index (χ4v) is 3.44. The van der Waals surface area contributed by atoms with Crippen molar-refractivity contribution in [1.29, 1.82) is 0 Å². The molecular formula is C18H11ClN4O2. The van der Waals surface area contributed by atoms with Gasteiger partial charge in [0, 0.05) is 5.02 Å². The quantitative estimate of drug-likeness (QED) is 0.552. The van der Waals surface area contributed by atoms with Crippen LogP contribution in [0, 0.1) is 0 Å². The van der Waals surface area contributed by atoms with Crippen LogP contribution in [0.5, 0.6) is 0 Å². The first kappa shape index (κ1) is 14.2. The van der Waals surface area contributed by atoms with Gasteiger partial charge in [0.15, 0.2) is 5.82 Å². The summed E-state index contributed by atoms with van der Waals surface area (Å²) in [5.74, 6) is 1.01. The van der Waals surface area contributed by atoms with E-state index in [9.17, 15) is 9.90 Å². The van der Waals surface area contributed by atoms with Crippen molar-refractivity contribution < 1.29 is 5.11 Å². The fourth-order valence-electron chi connectivity index (χ4n) is 3.27. The predicted molar refractivity (Wildman–Crippen MR) is 95.8 cm³/mol. The second-order valence-electron chi connectivity index (χ2n) is 5.91. The molecule has 2 N–H and O–H groups in total. The van der Waals surface area contributed by atoms with Gasteiger partial charge in [-0.3, -0.25) is 4.79 Å². The van der Waals surface area contributed by atoms with Gasteiger partial charge in [-0.25, -0.2) is 4.98 Å². The molecule has 25 heavy (non-hydrogen) atoms. The van der Waals surface area contributed by atoms with E-state index in [0.717, 1.165) is 11.0 Å². The summed E-state index contributed by atoms with van der Waals surface area (Å²) < 4.78 is 1.80. The molecular weight excluding hydrogens is 340 g/mol. The lowest BCUT2D eigenvalue weighted by Crippen LogP contribution is -2.15. The Labute approximate surface area is 146 Å². The monoisotopic (exact) mass is 350 g/mol. The molecule has 0 fully saturated rings. The molecule has 0 aliphatic carbocycles. The highest BCUT2D eigenvalue weighted by Crippen LogP contribution is 2.32. The summed E-state index contributed by atoms with van der Waals surface area (Å²) in [5.41, 5.74) is 2.38. The van der Waals surface area contributed by atoms with Crippen molar-refractivity contribution in [3.8, 4) is 0 Å². The Morgan fingerprint density at radius 2 is 2.00 bits per heavy atom. The first-order chi connectivity index (χ1) is 12.1. The molecule has 0 saturated heterocycles. The van der Waals surface area contributed by atoms with E-state index in [2.05, 4.69) is 15.0 Å². The van der Waals surface area contributed by atoms with Crippen LogP contribution in [0.2, 0.25) is 5.02 Å². The maximum absolute atomic E-state index is 12.4. The Morgan fingerprint density at radius 3 is 2.84 bits per heavy atom. The Kier molecular flexibility index (Phi) is 2.81. The Bertz CT molecular complexity index is 1240. The summed E-state index contributed by atoms with van der Waals surface area (Å²) in [6.07, 6.45) is 0. The van der Waals surface area contributed by atoms with Gasteiger partial charge in [0.2, 0.25) is 0 Å².